The van der Waals surface area contributed by atoms with Crippen molar-refractivity contribution >= 4 is 5.78 Å². The number of ketones is 1. The Bertz CT molecular complexity index is 448. The molecule has 138 valence electrons. The van der Waals surface area contributed by atoms with Gasteiger partial charge in [-0.05, 0) is 68.6 Å². The Morgan fingerprint density at radius 2 is 2.08 bits per heavy atom. The maximum atomic E-state index is 12.3. The number of ether oxygens (including phenoxy) is 1. The van der Waals surface area contributed by atoms with Crippen LogP contribution in [-0.2, 0) is 9.53 Å². The molecule has 0 aromatic rings. The second-order valence-corrected chi connectivity index (χ2v) is 8.99. The van der Waals surface area contributed by atoms with Crippen LogP contribution in [0.1, 0.15) is 78.1 Å². The van der Waals surface area contributed by atoms with Crippen molar-refractivity contribution in [3.63, 3.8) is 0 Å². The molecule has 0 amide bonds. The Kier molecular flexibility index (Phi) is 5.71. The molecule has 0 aromatic carbocycles. The maximum Gasteiger partial charge on any atom is 0.139 e. The van der Waals surface area contributed by atoms with Gasteiger partial charge in [-0.25, -0.2) is 0 Å². The Morgan fingerprint density at radius 3 is 2.79 bits per heavy atom. The quantitative estimate of drug-likeness (QED) is 0.784. The van der Waals surface area contributed by atoms with Gasteiger partial charge in [0.05, 0.1) is 12.2 Å². The van der Waals surface area contributed by atoms with Gasteiger partial charge in [0.25, 0.3) is 0 Å². The molecule has 0 aliphatic heterocycles. The molecule has 0 radical (unpaired) electrons. The minimum absolute atomic E-state index is 0.00418. The molecule has 3 aliphatic carbocycles. The van der Waals surface area contributed by atoms with Crippen LogP contribution in [0.2, 0.25) is 0 Å². The van der Waals surface area contributed by atoms with E-state index in [-0.39, 0.29) is 17.6 Å². The van der Waals surface area contributed by atoms with Crippen molar-refractivity contribution in [1.29, 1.82) is 0 Å². The van der Waals surface area contributed by atoms with E-state index in [9.17, 15) is 9.90 Å². The molecule has 0 aromatic heterocycles. The summed E-state index contributed by atoms with van der Waals surface area (Å²) in [7, 11) is 1.72. The van der Waals surface area contributed by atoms with E-state index in [4.69, 9.17) is 4.74 Å². The van der Waals surface area contributed by atoms with E-state index < -0.39 is 0 Å². The zero-order valence-corrected chi connectivity index (χ0v) is 15.8. The van der Waals surface area contributed by atoms with E-state index in [1.54, 1.807) is 7.11 Å². The number of rotatable bonds is 6. The van der Waals surface area contributed by atoms with Crippen LogP contribution in [0.15, 0.2) is 0 Å². The number of hydrogen-bond donors (Lipinski definition) is 1. The molecular weight excluding hydrogens is 300 g/mol. The van der Waals surface area contributed by atoms with Gasteiger partial charge in [-0.15, -0.1) is 0 Å². The molecule has 3 rings (SSSR count). The highest BCUT2D eigenvalue weighted by atomic mass is 16.5. The van der Waals surface area contributed by atoms with Gasteiger partial charge in [-0.2, -0.15) is 0 Å². The molecule has 3 aliphatic rings. The number of Topliss-reactive ketones (excluding diaryl/α,β-unsaturated/α-hetero) is 1. The molecule has 7 atom stereocenters. The summed E-state index contributed by atoms with van der Waals surface area (Å²) in [6.45, 7) is 4.39. The predicted molar refractivity (Wildman–Crippen MR) is 95.7 cm³/mol. The lowest BCUT2D eigenvalue weighted by atomic mass is 9.55. The summed E-state index contributed by atoms with van der Waals surface area (Å²) >= 11 is 0. The number of carbonyl (C=O) groups is 1. The fraction of sp³-hybridized carbons (Fsp3) is 0.952. The van der Waals surface area contributed by atoms with Crippen LogP contribution >= 0.6 is 0 Å². The molecule has 24 heavy (non-hydrogen) atoms. The normalized spacial score (nSPS) is 41.6. The highest BCUT2D eigenvalue weighted by Crippen LogP contribution is 2.58. The zero-order chi connectivity index (χ0) is 17.3. The first-order valence-electron chi connectivity index (χ1n) is 10.2. The summed E-state index contributed by atoms with van der Waals surface area (Å²) in [5.74, 6) is 3.36. The van der Waals surface area contributed by atoms with Gasteiger partial charge in [0.1, 0.15) is 5.78 Å². The molecular formula is C21H36O3. The van der Waals surface area contributed by atoms with Crippen LogP contribution in [0.5, 0.6) is 0 Å². The fourth-order valence-electron chi connectivity index (χ4n) is 6.30. The number of hydrogen-bond acceptors (Lipinski definition) is 3. The molecule has 3 heteroatoms. The number of aliphatic hydroxyl groups excluding tert-OH is 1. The van der Waals surface area contributed by atoms with E-state index in [2.05, 4.69) is 13.8 Å². The summed E-state index contributed by atoms with van der Waals surface area (Å²) in [6, 6.07) is 0. The van der Waals surface area contributed by atoms with Gasteiger partial charge in [0.15, 0.2) is 0 Å². The van der Waals surface area contributed by atoms with Crippen molar-refractivity contribution in [3.8, 4) is 0 Å². The minimum Gasteiger partial charge on any atom is -0.390 e. The summed E-state index contributed by atoms with van der Waals surface area (Å²) in [4.78, 5) is 12.3. The van der Waals surface area contributed by atoms with E-state index in [1.165, 1.54) is 25.7 Å². The van der Waals surface area contributed by atoms with Crippen LogP contribution in [0.3, 0.4) is 0 Å². The average Bonchev–Trinajstić information content (AvgIpc) is 2.88. The molecule has 0 bridgehead atoms. The molecule has 3 saturated carbocycles. The smallest absolute Gasteiger partial charge is 0.139 e. The lowest BCUT2D eigenvalue weighted by molar-refractivity contribution is -0.131. The van der Waals surface area contributed by atoms with E-state index in [0.717, 1.165) is 50.4 Å². The van der Waals surface area contributed by atoms with Crippen LogP contribution in [0, 0.1) is 29.1 Å². The number of aliphatic hydroxyl groups is 1. The highest BCUT2D eigenvalue weighted by Gasteiger charge is 2.54. The van der Waals surface area contributed by atoms with Crippen LogP contribution in [-0.4, -0.2) is 30.2 Å². The summed E-state index contributed by atoms with van der Waals surface area (Å²) < 4.78 is 5.50. The Labute approximate surface area is 147 Å². The van der Waals surface area contributed by atoms with Gasteiger partial charge < -0.3 is 9.84 Å². The van der Waals surface area contributed by atoms with Crippen molar-refractivity contribution in [2.45, 2.75) is 90.3 Å². The monoisotopic (exact) mass is 336 g/mol. The number of methoxy groups -OCH3 is 1. The Hall–Kier alpha value is -0.410. The van der Waals surface area contributed by atoms with Crippen LogP contribution in [0.4, 0.5) is 0 Å². The van der Waals surface area contributed by atoms with Crippen LogP contribution in [0.25, 0.3) is 0 Å². The average molecular weight is 337 g/mol. The molecule has 0 spiro atoms. The number of fused-ring (bicyclic) bond motifs is 3. The first-order chi connectivity index (χ1) is 11.5. The van der Waals surface area contributed by atoms with Crippen molar-refractivity contribution in [1.82, 2.24) is 0 Å². The topological polar surface area (TPSA) is 46.5 Å². The second-order valence-electron chi connectivity index (χ2n) is 8.99. The van der Waals surface area contributed by atoms with Gasteiger partial charge in [0, 0.05) is 18.9 Å². The second kappa shape index (κ2) is 7.45. The largest absolute Gasteiger partial charge is 0.390 e. The third-order valence-electron chi connectivity index (χ3n) is 7.72. The van der Waals surface area contributed by atoms with Gasteiger partial charge in [-0.1, -0.05) is 26.7 Å². The van der Waals surface area contributed by atoms with E-state index in [1.807, 2.05) is 0 Å². The molecule has 0 saturated heterocycles. The lowest BCUT2D eigenvalue weighted by Gasteiger charge is -2.49. The van der Waals surface area contributed by atoms with Gasteiger partial charge in [0.2, 0.25) is 0 Å². The first kappa shape index (κ1) is 18.4. The Morgan fingerprint density at radius 1 is 1.29 bits per heavy atom. The lowest BCUT2D eigenvalue weighted by Crippen LogP contribution is -2.44. The van der Waals surface area contributed by atoms with Gasteiger partial charge >= 0.3 is 0 Å². The predicted octanol–water partition coefficient (Wildman–Crippen LogP) is 4.36. The van der Waals surface area contributed by atoms with E-state index >= 15 is 0 Å². The minimum atomic E-state index is -0.321. The molecule has 0 heterocycles. The van der Waals surface area contributed by atoms with Crippen LogP contribution < -0.4 is 0 Å². The molecule has 3 fully saturated rings. The third-order valence-corrected chi connectivity index (χ3v) is 7.72. The van der Waals surface area contributed by atoms with Gasteiger partial charge in [-0.3, -0.25) is 4.79 Å². The van der Waals surface area contributed by atoms with Crippen molar-refractivity contribution in [2.75, 3.05) is 7.11 Å². The number of carbonyl (C=O) groups excluding carboxylic acids is 1. The fourth-order valence-corrected chi connectivity index (χ4v) is 6.30. The summed E-state index contributed by atoms with van der Waals surface area (Å²) in [5.41, 5.74) is -0.00418. The van der Waals surface area contributed by atoms with E-state index in [0.29, 0.717) is 17.6 Å². The SMILES string of the molecule is CCC[C@H](OC)[C@@H](O)C[C@@H]1CC[C@@H]2[C@H](CC[C@]3(C)C(=O)CC[C@@H]23)C1. The zero-order valence-electron chi connectivity index (χ0n) is 15.8. The van der Waals surface area contributed by atoms with Crippen molar-refractivity contribution in [3.05, 3.63) is 0 Å². The summed E-state index contributed by atoms with van der Waals surface area (Å²) in [5, 5.41) is 10.5. The van der Waals surface area contributed by atoms with Crippen molar-refractivity contribution in [2.24, 2.45) is 29.1 Å². The highest BCUT2D eigenvalue weighted by molar-refractivity contribution is 5.87. The standard InChI is InChI=1S/C21H36O3/c1-4-5-19(24-3)18(22)13-14-6-7-16-15(12-14)10-11-21(2)17(16)8-9-20(21)23/h14-19,22H,4-13H2,1-3H3/t14-,15-,16-,17+,18+,19+,21+/m1/s1. The molecule has 0 unspecified atom stereocenters. The molecule has 1 N–H and O–H groups in total. The maximum absolute atomic E-state index is 12.3. The molecule has 3 nitrogen and oxygen atoms in total. The first-order valence-corrected chi connectivity index (χ1v) is 10.2. The summed E-state index contributed by atoms with van der Waals surface area (Å²) in [6.07, 6.45) is 10.6. The van der Waals surface area contributed by atoms with Crippen molar-refractivity contribution < 1.29 is 14.6 Å². The Balaban J connectivity index is 1.57. The third kappa shape index (κ3) is 3.31.